The second-order valence-electron chi connectivity index (χ2n) is 3.63. The molecule has 0 aliphatic heterocycles. The van der Waals surface area contributed by atoms with Crippen LogP contribution in [0.25, 0.3) is 11.1 Å². The Kier molecular flexibility index (Phi) is 3.39. The van der Waals surface area contributed by atoms with Crippen LogP contribution < -0.4 is 0 Å². The monoisotopic (exact) mass is 261 g/mol. The van der Waals surface area contributed by atoms with Crippen molar-refractivity contribution in [3.8, 4) is 11.1 Å². The van der Waals surface area contributed by atoms with E-state index in [1.165, 1.54) is 12.1 Å². The summed E-state index contributed by atoms with van der Waals surface area (Å²) in [6, 6.07) is 11.4. The molecule has 0 aromatic heterocycles. The highest BCUT2D eigenvalue weighted by Gasteiger charge is 2.14. The third-order valence-corrected chi connectivity index (χ3v) is 2.86. The fraction of sp³-hybridized carbons (Fsp3) is 0. The summed E-state index contributed by atoms with van der Waals surface area (Å²) in [6.45, 7) is 0. The van der Waals surface area contributed by atoms with Crippen LogP contribution in [0.15, 0.2) is 42.5 Å². The number of hydrogen-bond acceptors (Lipinski definition) is 3. The van der Waals surface area contributed by atoms with E-state index in [1.54, 1.807) is 30.3 Å². The third kappa shape index (κ3) is 2.24. The zero-order valence-electron chi connectivity index (χ0n) is 9.17. The fourth-order valence-electron chi connectivity index (χ4n) is 1.68. The quantitative estimate of drug-likeness (QED) is 0.480. The van der Waals surface area contributed by atoms with Crippen molar-refractivity contribution in [2.24, 2.45) is 0 Å². The number of nitro benzene ring substituents is 1. The second kappa shape index (κ2) is 4.98. The van der Waals surface area contributed by atoms with E-state index in [1.807, 2.05) is 0 Å². The van der Waals surface area contributed by atoms with Crippen LogP contribution in [0.4, 0.5) is 5.69 Å². The first kappa shape index (κ1) is 12.3. The number of aldehydes is 1. The van der Waals surface area contributed by atoms with E-state index in [0.717, 1.165) is 6.29 Å². The molecular weight excluding hydrogens is 254 g/mol. The van der Waals surface area contributed by atoms with Crippen LogP contribution in [0.5, 0.6) is 0 Å². The smallest absolute Gasteiger partial charge is 0.288 e. The van der Waals surface area contributed by atoms with Gasteiger partial charge in [0.2, 0.25) is 0 Å². The summed E-state index contributed by atoms with van der Waals surface area (Å²) in [5, 5.41) is 10.9. The Bertz CT molecular complexity index is 625. The zero-order chi connectivity index (χ0) is 13.1. The van der Waals surface area contributed by atoms with Crippen LogP contribution in [-0.2, 0) is 0 Å². The van der Waals surface area contributed by atoms with Gasteiger partial charge in [-0.3, -0.25) is 14.9 Å². The summed E-state index contributed by atoms with van der Waals surface area (Å²) < 4.78 is 0. The van der Waals surface area contributed by atoms with E-state index in [0.29, 0.717) is 16.7 Å². The highest BCUT2D eigenvalue weighted by atomic mass is 35.5. The van der Waals surface area contributed by atoms with E-state index < -0.39 is 4.92 Å². The zero-order valence-corrected chi connectivity index (χ0v) is 9.92. The van der Waals surface area contributed by atoms with Gasteiger partial charge < -0.3 is 0 Å². The number of nitrogens with zero attached hydrogens (tertiary/aromatic N) is 1. The normalized spacial score (nSPS) is 10.1. The summed E-state index contributed by atoms with van der Waals surface area (Å²) in [6.07, 6.45) is 0.718. The van der Waals surface area contributed by atoms with Crippen molar-refractivity contribution in [1.29, 1.82) is 0 Å². The Hall–Kier alpha value is -2.20. The largest absolute Gasteiger partial charge is 0.298 e. The van der Waals surface area contributed by atoms with Crippen LogP contribution in [0.3, 0.4) is 0 Å². The minimum Gasteiger partial charge on any atom is -0.298 e. The van der Waals surface area contributed by atoms with Gasteiger partial charge in [-0.25, -0.2) is 0 Å². The van der Waals surface area contributed by atoms with Gasteiger partial charge in [0.25, 0.3) is 5.69 Å². The molecule has 0 aliphatic carbocycles. The van der Waals surface area contributed by atoms with E-state index in [9.17, 15) is 14.9 Å². The minimum absolute atomic E-state index is 0.0762. The number of nitro groups is 1. The molecule has 0 atom stereocenters. The maximum Gasteiger partial charge on any atom is 0.288 e. The number of halogens is 1. The minimum atomic E-state index is -0.546. The van der Waals surface area contributed by atoms with Gasteiger partial charge >= 0.3 is 0 Å². The van der Waals surface area contributed by atoms with Crippen LogP contribution in [0.1, 0.15) is 10.4 Å². The molecule has 5 heteroatoms. The van der Waals surface area contributed by atoms with Crippen LogP contribution in [-0.4, -0.2) is 11.2 Å². The number of carbonyl (C=O) groups is 1. The molecular formula is C13H8ClNO3. The Balaban J connectivity index is 2.61. The molecule has 0 unspecified atom stereocenters. The number of rotatable bonds is 3. The van der Waals surface area contributed by atoms with Crippen molar-refractivity contribution < 1.29 is 9.72 Å². The SMILES string of the molecule is O=Cc1ccccc1-c1ccc(Cl)c([N+](=O)[O-])c1. The topological polar surface area (TPSA) is 60.2 Å². The van der Waals surface area contributed by atoms with Crippen LogP contribution >= 0.6 is 11.6 Å². The molecule has 90 valence electrons. The lowest BCUT2D eigenvalue weighted by Crippen LogP contribution is -1.92. The van der Waals surface area contributed by atoms with Crippen molar-refractivity contribution >= 4 is 23.6 Å². The molecule has 0 saturated heterocycles. The van der Waals surface area contributed by atoms with E-state index in [4.69, 9.17) is 11.6 Å². The van der Waals surface area contributed by atoms with Gasteiger partial charge in [-0.05, 0) is 17.2 Å². The lowest BCUT2D eigenvalue weighted by molar-refractivity contribution is -0.384. The molecule has 0 aliphatic rings. The number of benzene rings is 2. The van der Waals surface area contributed by atoms with Crippen molar-refractivity contribution in [3.63, 3.8) is 0 Å². The third-order valence-electron chi connectivity index (χ3n) is 2.54. The van der Waals surface area contributed by atoms with E-state index in [-0.39, 0.29) is 10.7 Å². The van der Waals surface area contributed by atoms with Gasteiger partial charge in [-0.1, -0.05) is 41.9 Å². The molecule has 0 N–H and O–H groups in total. The Morgan fingerprint density at radius 1 is 1.17 bits per heavy atom. The maximum absolute atomic E-state index is 10.9. The molecule has 0 fully saturated rings. The maximum atomic E-state index is 10.9. The Labute approximate surface area is 108 Å². The molecule has 0 bridgehead atoms. The van der Waals surface area contributed by atoms with Gasteiger partial charge in [-0.2, -0.15) is 0 Å². The second-order valence-corrected chi connectivity index (χ2v) is 4.04. The molecule has 0 heterocycles. The van der Waals surface area contributed by atoms with Gasteiger partial charge in [0.05, 0.1) is 4.92 Å². The van der Waals surface area contributed by atoms with E-state index >= 15 is 0 Å². The van der Waals surface area contributed by atoms with E-state index in [2.05, 4.69) is 0 Å². The molecule has 4 nitrogen and oxygen atoms in total. The first-order chi connectivity index (χ1) is 8.63. The Morgan fingerprint density at radius 3 is 2.56 bits per heavy atom. The van der Waals surface area contributed by atoms with Crippen molar-refractivity contribution in [2.45, 2.75) is 0 Å². The molecule has 18 heavy (non-hydrogen) atoms. The summed E-state index contributed by atoms with van der Waals surface area (Å²) in [7, 11) is 0. The predicted molar refractivity (Wildman–Crippen MR) is 68.9 cm³/mol. The van der Waals surface area contributed by atoms with Gasteiger partial charge in [-0.15, -0.1) is 0 Å². The van der Waals surface area contributed by atoms with Gasteiger partial charge in [0, 0.05) is 11.6 Å². The lowest BCUT2D eigenvalue weighted by Gasteiger charge is -2.05. The van der Waals surface area contributed by atoms with Gasteiger partial charge in [0.15, 0.2) is 6.29 Å². The number of carbonyl (C=O) groups excluding carboxylic acids is 1. The summed E-state index contributed by atoms with van der Waals surface area (Å²) in [5.41, 5.74) is 1.55. The molecule has 0 radical (unpaired) electrons. The number of hydrogen-bond donors (Lipinski definition) is 0. The molecule has 2 rings (SSSR count). The lowest BCUT2D eigenvalue weighted by atomic mass is 10.00. The standard InChI is InChI=1S/C13H8ClNO3/c14-12-6-5-9(7-13(12)15(17)18)11-4-2-1-3-10(11)8-16/h1-8H. The fourth-order valence-corrected chi connectivity index (χ4v) is 1.87. The predicted octanol–water partition coefficient (Wildman–Crippen LogP) is 3.73. The Morgan fingerprint density at radius 2 is 1.89 bits per heavy atom. The van der Waals surface area contributed by atoms with Crippen molar-refractivity contribution in [1.82, 2.24) is 0 Å². The summed E-state index contributed by atoms with van der Waals surface area (Å²) >= 11 is 5.74. The van der Waals surface area contributed by atoms with Crippen molar-refractivity contribution in [2.75, 3.05) is 0 Å². The average Bonchev–Trinajstić information content (AvgIpc) is 2.39. The summed E-state index contributed by atoms with van der Waals surface area (Å²) in [4.78, 5) is 21.2. The molecule has 0 saturated carbocycles. The van der Waals surface area contributed by atoms with Crippen molar-refractivity contribution in [3.05, 3.63) is 63.2 Å². The molecule has 0 amide bonds. The molecule has 0 spiro atoms. The first-order valence-electron chi connectivity index (χ1n) is 5.12. The average molecular weight is 262 g/mol. The highest BCUT2D eigenvalue weighted by Crippen LogP contribution is 2.31. The first-order valence-corrected chi connectivity index (χ1v) is 5.50. The molecule has 2 aromatic rings. The highest BCUT2D eigenvalue weighted by molar-refractivity contribution is 6.32. The van der Waals surface area contributed by atoms with Crippen LogP contribution in [0, 0.1) is 10.1 Å². The van der Waals surface area contributed by atoms with Gasteiger partial charge in [0.1, 0.15) is 5.02 Å². The summed E-state index contributed by atoms with van der Waals surface area (Å²) in [5.74, 6) is 0. The van der Waals surface area contributed by atoms with Crippen LogP contribution in [0.2, 0.25) is 5.02 Å². The molecule has 2 aromatic carbocycles.